The van der Waals surface area contributed by atoms with Crippen LogP contribution in [0.2, 0.25) is 5.02 Å². The Morgan fingerprint density at radius 3 is 2.67 bits per heavy atom. The van der Waals surface area contributed by atoms with Crippen LogP contribution in [0, 0.1) is 15.9 Å². The molecule has 7 nitrogen and oxygen atoms in total. The Kier molecular flexibility index (Phi) is 5.40. The van der Waals surface area contributed by atoms with E-state index >= 15 is 0 Å². The first-order chi connectivity index (χ1) is 14.5. The molecule has 1 heterocycles. The summed E-state index contributed by atoms with van der Waals surface area (Å²) in [7, 11) is 0. The van der Waals surface area contributed by atoms with Crippen molar-refractivity contribution in [2.45, 2.75) is 6.54 Å². The van der Waals surface area contributed by atoms with Crippen LogP contribution in [0.4, 0.5) is 27.3 Å². The minimum absolute atomic E-state index is 0.0117. The molecule has 150 valence electrons. The van der Waals surface area contributed by atoms with Crippen molar-refractivity contribution in [2.75, 3.05) is 10.6 Å². The third-order valence-corrected chi connectivity index (χ3v) is 4.73. The minimum Gasteiger partial charge on any atom is -0.381 e. The molecular formula is C21H15ClFN5O2. The largest absolute Gasteiger partial charge is 0.381 e. The summed E-state index contributed by atoms with van der Waals surface area (Å²) >= 11 is 5.85. The van der Waals surface area contributed by atoms with Crippen molar-refractivity contribution in [3.8, 4) is 0 Å². The van der Waals surface area contributed by atoms with Gasteiger partial charge in [0.25, 0.3) is 5.69 Å². The summed E-state index contributed by atoms with van der Waals surface area (Å²) in [4.78, 5) is 19.1. The summed E-state index contributed by atoms with van der Waals surface area (Å²) in [5.41, 5.74) is 2.94. The monoisotopic (exact) mass is 423 g/mol. The number of nitrogens with one attached hydrogen (secondary N) is 2. The molecule has 0 fully saturated rings. The molecule has 30 heavy (non-hydrogen) atoms. The Hall–Kier alpha value is -3.78. The van der Waals surface area contributed by atoms with Gasteiger partial charge in [0.2, 0.25) is 0 Å². The van der Waals surface area contributed by atoms with Crippen LogP contribution in [0.3, 0.4) is 0 Å². The minimum atomic E-state index is -0.498. The zero-order valence-electron chi connectivity index (χ0n) is 15.5. The van der Waals surface area contributed by atoms with Crippen molar-refractivity contribution in [1.82, 2.24) is 9.97 Å². The highest BCUT2D eigenvalue weighted by Crippen LogP contribution is 2.28. The Balaban J connectivity index is 1.58. The van der Waals surface area contributed by atoms with Crippen molar-refractivity contribution in [1.29, 1.82) is 0 Å². The van der Waals surface area contributed by atoms with Gasteiger partial charge in [0.1, 0.15) is 18.0 Å². The predicted octanol–water partition coefficient (Wildman–Crippen LogP) is 5.69. The maximum atomic E-state index is 13.4. The number of nitro groups is 1. The lowest BCUT2D eigenvalue weighted by Crippen LogP contribution is -2.01. The Labute approximate surface area is 175 Å². The summed E-state index contributed by atoms with van der Waals surface area (Å²) in [6, 6.07) is 16.4. The molecule has 4 aromatic rings. The molecule has 0 aliphatic rings. The van der Waals surface area contributed by atoms with Gasteiger partial charge in [-0.3, -0.25) is 10.1 Å². The zero-order valence-corrected chi connectivity index (χ0v) is 16.2. The second kappa shape index (κ2) is 8.30. The number of anilines is 3. The molecule has 3 aromatic carbocycles. The van der Waals surface area contributed by atoms with E-state index in [-0.39, 0.29) is 10.7 Å². The van der Waals surface area contributed by atoms with E-state index in [1.54, 1.807) is 12.1 Å². The van der Waals surface area contributed by atoms with Gasteiger partial charge in [0, 0.05) is 35.4 Å². The van der Waals surface area contributed by atoms with Crippen molar-refractivity contribution in [3.63, 3.8) is 0 Å². The maximum absolute atomic E-state index is 13.4. The molecule has 4 rings (SSSR count). The van der Waals surface area contributed by atoms with Crippen molar-refractivity contribution >= 4 is 45.4 Å². The number of fused-ring (bicyclic) bond motifs is 1. The standard InChI is InChI=1S/C21H15ClFN5O2/c22-18-10-15(4-6-19(18)23)27-21-17-9-14(5-7-20(17)25-12-26-21)24-11-13-2-1-3-16(8-13)28(29)30/h1-10,12,24H,11H2,(H,25,26,27). The molecule has 1 aromatic heterocycles. The third kappa shape index (κ3) is 4.28. The summed E-state index contributed by atoms with van der Waals surface area (Å²) in [6.07, 6.45) is 1.44. The van der Waals surface area contributed by atoms with Crippen molar-refractivity contribution < 1.29 is 9.31 Å². The highest BCUT2D eigenvalue weighted by atomic mass is 35.5. The van der Waals surface area contributed by atoms with Crippen LogP contribution in [-0.4, -0.2) is 14.9 Å². The second-order valence-corrected chi connectivity index (χ2v) is 6.90. The number of hydrogen-bond donors (Lipinski definition) is 2. The van der Waals surface area contributed by atoms with E-state index in [4.69, 9.17) is 11.6 Å². The SMILES string of the molecule is O=[N+]([O-])c1cccc(CNc2ccc3ncnc(Nc4ccc(F)c(Cl)c4)c3c2)c1. The molecule has 0 saturated carbocycles. The lowest BCUT2D eigenvalue weighted by molar-refractivity contribution is -0.384. The quantitative estimate of drug-likeness (QED) is 0.306. The maximum Gasteiger partial charge on any atom is 0.269 e. The van der Waals surface area contributed by atoms with Gasteiger partial charge in [0.05, 0.1) is 15.5 Å². The topological polar surface area (TPSA) is 93.0 Å². The van der Waals surface area contributed by atoms with Gasteiger partial charge >= 0.3 is 0 Å². The van der Waals surface area contributed by atoms with Gasteiger partial charge in [0.15, 0.2) is 0 Å². The van der Waals surface area contributed by atoms with E-state index in [1.807, 2.05) is 24.3 Å². The smallest absolute Gasteiger partial charge is 0.269 e. The number of non-ortho nitro benzene ring substituents is 1. The second-order valence-electron chi connectivity index (χ2n) is 6.49. The normalized spacial score (nSPS) is 10.7. The van der Waals surface area contributed by atoms with Crippen molar-refractivity contribution in [3.05, 3.63) is 93.5 Å². The predicted molar refractivity (Wildman–Crippen MR) is 115 cm³/mol. The molecule has 0 unspecified atom stereocenters. The molecule has 9 heteroatoms. The molecule has 0 atom stereocenters. The van der Waals surface area contributed by atoms with Crippen LogP contribution < -0.4 is 10.6 Å². The van der Waals surface area contributed by atoms with Crippen LogP contribution in [0.1, 0.15) is 5.56 Å². The van der Waals surface area contributed by atoms with Crippen LogP contribution in [-0.2, 0) is 6.54 Å². The third-order valence-electron chi connectivity index (χ3n) is 4.44. The first-order valence-electron chi connectivity index (χ1n) is 8.93. The van der Waals surface area contributed by atoms with Crippen LogP contribution >= 0.6 is 11.6 Å². The Bertz CT molecular complexity index is 1250. The first kappa shape index (κ1) is 19.5. The van der Waals surface area contributed by atoms with Gasteiger partial charge in [-0.25, -0.2) is 14.4 Å². The number of benzene rings is 3. The van der Waals surface area contributed by atoms with E-state index in [2.05, 4.69) is 20.6 Å². The van der Waals surface area contributed by atoms with Gasteiger partial charge in [-0.1, -0.05) is 23.7 Å². The van der Waals surface area contributed by atoms with Gasteiger partial charge < -0.3 is 10.6 Å². The fraction of sp³-hybridized carbons (Fsp3) is 0.0476. The number of halogens is 2. The fourth-order valence-electron chi connectivity index (χ4n) is 2.96. The van der Waals surface area contributed by atoms with Crippen LogP contribution in [0.25, 0.3) is 10.9 Å². The van der Waals surface area contributed by atoms with Crippen LogP contribution in [0.15, 0.2) is 67.0 Å². The van der Waals surface area contributed by atoms with E-state index in [0.29, 0.717) is 18.1 Å². The summed E-state index contributed by atoms with van der Waals surface area (Å²) in [5, 5.41) is 18.1. The van der Waals surface area contributed by atoms with Crippen LogP contribution in [0.5, 0.6) is 0 Å². The average Bonchev–Trinajstić information content (AvgIpc) is 2.75. The highest BCUT2D eigenvalue weighted by Gasteiger charge is 2.09. The van der Waals surface area contributed by atoms with Gasteiger partial charge in [-0.15, -0.1) is 0 Å². The Morgan fingerprint density at radius 2 is 1.87 bits per heavy atom. The number of aromatic nitrogens is 2. The zero-order chi connectivity index (χ0) is 21.1. The number of nitro benzene ring substituents is 1. The van der Waals surface area contributed by atoms with E-state index in [9.17, 15) is 14.5 Å². The molecule has 0 amide bonds. The van der Waals surface area contributed by atoms with Crippen molar-refractivity contribution in [2.24, 2.45) is 0 Å². The molecule has 0 radical (unpaired) electrons. The molecule has 0 aliphatic carbocycles. The molecule has 0 saturated heterocycles. The number of nitrogens with zero attached hydrogens (tertiary/aromatic N) is 3. The highest BCUT2D eigenvalue weighted by molar-refractivity contribution is 6.31. The number of hydrogen-bond acceptors (Lipinski definition) is 6. The summed E-state index contributed by atoms with van der Waals surface area (Å²) in [5.74, 6) is 0.0454. The number of rotatable bonds is 6. The van der Waals surface area contributed by atoms with E-state index in [0.717, 1.165) is 22.2 Å². The lowest BCUT2D eigenvalue weighted by atomic mass is 10.1. The average molecular weight is 424 g/mol. The lowest BCUT2D eigenvalue weighted by Gasteiger charge is -2.11. The summed E-state index contributed by atoms with van der Waals surface area (Å²) in [6.45, 7) is 0.414. The first-order valence-corrected chi connectivity index (χ1v) is 9.31. The van der Waals surface area contributed by atoms with E-state index < -0.39 is 10.7 Å². The van der Waals surface area contributed by atoms with E-state index in [1.165, 1.54) is 30.6 Å². The summed E-state index contributed by atoms with van der Waals surface area (Å²) < 4.78 is 13.4. The fourth-order valence-corrected chi connectivity index (χ4v) is 3.14. The molecule has 0 aliphatic heterocycles. The van der Waals surface area contributed by atoms with Gasteiger partial charge in [-0.2, -0.15) is 0 Å². The molecular weight excluding hydrogens is 409 g/mol. The van der Waals surface area contributed by atoms with Gasteiger partial charge in [-0.05, 0) is 42.0 Å². The molecule has 2 N–H and O–H groups in total. The molecule has 0 spiro atoms. The molecule has 0 bridgehead atoms. The Morgan fingerprint density at radius 1 is 1.03 bits per heavy atom.